The molecule has 3 rings (SSSR count). The van der Waals surface area contributed by atoms with Crippen LogP contribution in [0.5, 0.6) is 0 Å². The molecule has 0 atom stereocenters. The Morgan fingerprint density at radius 3 is 1.97 bits per heavy atom. The highest BCUT2D eigenvalue weighted by atomic mass is 16.7. The maximum atomic E-state index is 12.0. The molecule has 29 heavy (non-hydrogen) atoms. The van der Waals surface area contributed by atoms with Crippen molar-refractivity contribution in [3.05, 3.63) is 59.7 Å². The summed E-state index contributed by atoms with van der Waals surface area (Å²) in [6, 6.07) is 15.3. The molecule has 0 aliphatic carbocycles. The number of amides is 1. The number of rotatable bonds is 4. The van der Waals surface area contributed by atoms with Crippen molar-refractivity contribution in [2.24, 2.45) is 0 Å². The minimum Gasteiger partial charge on any atom is -0.444 e. The Labute approximate surface area is 174 Å². The number of nitrogens with one attached hydrogen (secondary N) is 1. The Kier molecular flexibility index (Phi) is 7.50. The highest BCUT2D eigenvalue weighted by Gasteiger charge is 2.51. The van der Waals surface area contributed by atoms with Gasteiger partial charge in [0.15, 0.2) is 0 Å². The van der Waals surface area contributed by atoms with Gasteiger partial charge < -0.3 is 14.0 Å². The third-order valence-corrected chi connectivity index (χ3v) is 5.17. The van der Waals surface area contributed by atoms with Crippen molar-refractivity contribution in [1.82, 2.24) is 0 Å². The zero-order valence-electron chi connectivity index (χ0n) is 18.5. The van der Waals surface area contributed by atoms with Crippen LogP contribution < -0.4 is 10.8 Å². The van der Waals surface area contributed by atoms with E-state index in [1.54, 1.807) is 0 Å². The Hall–Kier alpha value is -2.31. The molecule has 6 heteroatoms. The van der Waals surface area contributed by atoms with Crippen LogP contribution in [0, 0.1) is 6.92 Å². The van der Waals surface area contributed by atoms with Gasteiger partial charge in [-0.1, -0.05) is 55.8 Å². The van der Waals surface area contributed by atoms with Gasteiger partial charge in [-0.25, -0.2) is 4.79 Å². The number of carbonyl (C=O) groups excluding carboxylic acids is 1. The fourth-order valence-corrected chi connectivity index (χ4v) is 2.69. The van der Waals surface area contributed by atoms with E-state index in [9.17, 15) is 4.79 Å². The van der Waals surface area contributed by atoms with Crippen LogP contribution in [0.25, 0.3) is 0 Å². The van der Waals surface area contributed by atoms with Crippen molar-refractivity contribution in [2.45, 2.75) is 66.3 Å². The van der Waals surface area contributed by atoms with Crippen LogP contribution in [0.15, 0.2) is 48.5 Å². The molecule has 0 spiro atoms. The fourth-order valence-electron chi connectivity index (χ4n) is 2.69. The largest absolute Gasteiger partial charge is 0.494 e. The molecule has 1 N–H and O–H groups in total. The van der Waals surface area contributed by atoms with Crippen LogP contribution in [0.3, 0.4) is 0 Å². The number of benzene rings is 2. The Morgan fingerprint density at radius 1 is 0.931 bits per heavy atom. The molecular formula is C23H32BNO4. The van der Waals surface area contributed by atoms with Crippen molar-refractivity contribution >= 4 is 24.4 Å². The van der Waals surface area contributed by atoms with E-state index in [0.717, 1.165) is 11.0 Å². The van der Waals surface area contributed by atoms with Crippen LogP contribution >= 0.6 is 0 Å². The van der Waals surface area contributed by atoms with Crippen LogP contribution in [0.4, 0.5) is 10.5 Å². The quantitative estimate of drug-likeness (QED) is 0.732. The lowest BCUT2D eigenvalue weighted by Gasteiger charge is -2.32. The van der Waals surface area contributed by atoms with E-state index >= 15 is 0 Å². The smallest absolute Gasteiger partial charge is 0.444 e. The number of aryl methyl sites for hydroxylation is 1. The average Bonchev–Trinajstić information content (AvgIpc) is 2.91. The molecular weight excluding hydrogens is 365 g/mol. The maximum absolute atomic E-state index is 12.0. The molecule has 0 bridgehead atoms. The Balaban J connectivity index is 0.00000145. The molecule has 5 nitrogen and oxygen atoms in total. The van der Waals surface area contributed by atoms with E-state index in [1.165, 1.54) is 5.56 Å². The molecule has 2 aromatic carbocycles. The van der Waals surface area contributed by atoms with Crippen molar-refractivity contribution in [2.75, 3.05) is 5.32 Å². The minimum absolute atomic E-state index is 0.234. The van der Waals surface area contributed by atoms with Crippen LogP contribution in [-0.4, -0.2) is 24.4 Å². The maximum Gasteiger partial charge on any atom is 0.494 e. The summed E-state index contributed by atoms with van der Waals surface area (Å²) in [5.41, 5.74) is 2.93. The van der Waals surface area contributed by atoms with Gasteiger partial charge >= 0.3 is 13.2 Å². The van der Waals surface area contributed by atoms with Gasteiger partial charge in [-0.05, 0) is 57.8 Å². The standard InChI is InChI=1S/C21H26BNO4.C2H6/c1-15-6-8-16(9-7-15)14-25-19(24)23-18-12-10-17(11-13-18)22-26-20(2,3)21(4,5)27-22;1-2/h6-13H,14H2,1-5H3,(H,23,24);1-2H3. The molecule has 1 amide bonds. The second-order valence-corrected chi connectivity index (χ2v) is 7.90. The lowest BCUT2D eigenvalue weighted by molar-refractivity contribution is 0.00578. The van der Waals surface area contributed by atoms with Gasteiger partial charge in [-0.15, -0.1) is 0 Å². The minimum atomic E-state index is -0.487. The Bertz CT molecular complexity index is 785. The molecule has 1 heterocycles. The number of anilines is 1. The summed E-state index contributed by atoms with van der Waals surface area (Å²) in [6.45, 7) is 14.3. The van der Waals surface area contributed by atoms with E-state index in [0.29, 0.717) is 5.69 Å². The zero-order valence-corrected chi connectivity index (χ0v) is 18.5. The number of ether oxygens (including phenoxy) is 1. The number of carbonyl (C=O) groups is 1. The van der Waals surface area contributed by atoms with Crippen molar-refractivity contribution in [1.29, 1.82) is 0 Å². The third-order valence-electron chi connectivity index (χ3n) is 5.17. The number of hydrogen-bond acceptors (Lipinski definition) is 4. The van der Waals surface area contributed by atoms with Gasteiger partial charge in [0.2, 0.25) is 0 Å². The zero-order chi connectivity index (χ0) is 21.7. The second kappa shape index (κ2) is 9.46. The molecule has 156 valence electrons. The van der Waals surface area contributed by atoms with Gasteiger partial charge in [-0.3, -0.25) is 5.32 Å². The second-order valence-electron chi connectivity index (χ2n) is 7.90. The molecule has 1 saturated heterocycles. The summed E-state index contributed by atoms with van der Waals surface area (Å²) >= 11 is 0. The molecule has 1 aliphatic rings. The Morgan fingerprint density at radius 2 is 1.45 bits per heavy atom. The van der Waals surface area contributed by atoms with Gasteiger partial charge in [0, 0.05) is 5.69 Å². The van der Waals surface area contributed by atoms with E-state index in [2.05, 4.69) is 5.32 Å². The van der Waals surface area contributed by atoms with E-state index < -0.39 is 13.2 Å². The molecule has 1 aliphatic heterocycles. The summed E-state index contributed by atoms with van der Waals surface area (Å²) in [5.74, 6) is 0. The van der Waals surface area contributed by atoms with Gasteiger partial charge in [0.05, 0.1) is 11.2 Å². The average molecular weight is 397 g/mol. The summed E-state index contributed by atoms with van der Waals surface area (Å²) in [7, 11) is -0.419. The first-order chi connectivity index (χ1) is 13.7. The molecule has 0 radical (unpaired) electrons. The molecule has 0 aromatic heterocycles. The van der Waals surface area contributed by atoms with Crippen molar-refractivity contribution in [3.8, 4) is 0 Å². The summed E-state index contributed by atoms with van der Waals surface area (Å²) in [5, 5.41) is 2.73. The topological polar surface area (TPSA) is 56.8 Å². The predicted octanol–water partition coefficient (Wildman–Crippen LogP) is 5.07. The van der Waals surface area contributed by atoms with Crippen LogP contribution in [0.2, 0.25) is 0 Å². The first kappa shape index (κ1) is 23.0. The normalized spacial score (nSPS) is 16.6. The number of hydrogen-bond donors (Lipinski definition) is 1. The lowest BCUT2D eigenvalue weighted by atomic mass is 9.79. The van der Waals surface area contributed by atoms with Crippen LogP contribution in [-0.2, 0) is 20.7 Å². The predicted molar refractivity (Wildman–Crippen MR) is 118 cm³/mol. The van der Waals surface area contributed by atoms with E-state index in [4.69, 9.17) is 14.0 Å². The van der Waals surface area contributed by atoms with Crippen molar-refractivity contribution < 1.29 is 18.8 Å². The van der Waals surface area contributed by atoms with Crippen LogP contribution in [0.1, 0.15) is 52.7 Å². The first-order valence-corrected chi connectivity index (χ1v) is 10.1. The molecule has 2 aromatic rings. The fraction of sp³-hybridized carbons (Fsp3) is 0.435. The monoisotopic (exact) mass is 397 g/mol. The van der Waals surface area contributed by atoms with E-state index in [1.807, 2.05) is 97.0 Å². The highest BCUT2D eigenvalue weighted by molar-refractivity contribution is 6.62. The summed E-state index contributed by atoms with van der Waals surface area (Å²) in [4.78, 5) is 12.0. The summed E-state index contributed by atoms with van der Waals surface area (Å²) < 4.78 is 17.3. The molecule has 1 fully saturated rings. The molecule has 0 unspecified atom stereocenters. The highest BCUT2D eigenvalue weighted by Crippen LogP contribution is 2.36. The SMILES string of the molecule is CC.Cc1ccc(COC(=O)Nc2ccc(B3OC(C)(C)C(C)(C)O3)cc2)cc1. The van der Waals surface area contributed by atoms with Crippen molar-refractivity contribution in [3.63, 3.8) is 0 Å². The van der Waals surface area contributed by atoms with Gasteiger partial charge in [-0.2, -0.15) is 0 Å². The van der Waals surface area contributed by atoms with E-state index in [-0.39, 0.29) is 17.8 Å². The third kappa shape index (κ3) is 5.84. The lowest BCUT2D eigenvalue weighted by Crippen LogP contribution is -2.41. The first-order valence-electron chi connectivity index (χ1n) is 10.1. The van der Waals surface area contributed by atoms with Gasteiger partial charge in [0.1, 0.15) is 6.61 Å². The van der Waals surface area contributed by atoms with Gasteiger partial charge in [0.25, 0.3) is 0 Å². The molecule has 0 saturated carbocycles. The summed E-state index contributed by atoms with van der Waals surface area (Å²) in [6.07, 6.45) is -0.487.